The first-order chi connectivity index (χ1) is 36.7. The van der Waals surface area contributed by atoms with E-state index < -0.39 is 30.5 Å². The molecule has 416 valence electrons. The van der Waals surface area contributed by atoms with Crippen LogP contribution in [0.2, 0.25) is 0 Å². The summed E-state index contributed by atoms with van der Waals surface area (Å²) in [5.74, 6) is 0. The number of hydrogen-bond acceptors (Lipinski definition) is 9. The fourth-order valence-electron chi connectivity index (χ4n) is 8.66. The smallest absolute Gasteiger partial charge is 0.0927 e. The van der Waals surface area contributed by atoms with E-state index in [9.17, 15) is 25.5 Å². The van der Waals surface area contributed by atoms with E-state index in [4.69, 9.17) is 0 Å². The summed E-state index contributed by atoms with van der Waals surface area (Å²) in [4.78, 5) is 6.59. The van der Waals surface area contributed by atoms with Crippen molar-refractivity contribution in [3.63, 3.8) is 0 Å². The second kappa shape index (κ2) is 55.8. The minimum absolute atomic E-state index is 0.286. The van der Waals surface area contributed by atoms with Crippen LogP contribution in [-0.2, 0) is 0 Å². The van der Waals surface area contributed by atoms with Crippen LogP contribution >= 0.6 is 0 Å². The molecule has 0 aromatic heterocycles. The predicted octanol–water partition coefficient (Wildman–Crippen LogP) is 11.7. The third-order valence-corrected chi connectivity index (χ3v) is 12.9. The number of aliphatic hydroxyl groups is 5. The molecule has 5 atom stereocenters. The first-order valence-corrected chi connectivity index (χ1v) is 29.2. The van der Waals surface area contributed by atoms with Gasteiger partial charge in [0.25, 0.3) is 0 Å². The molecule has 0 heterocycles. The summed E-state index contributed by atoms with van der Waals surface area (Å²) in [7, 11) is 0. The van der Waals surface area contributed by atoms with E-state index in [0.717, 1.165) is 44.9 Å². The second-order valence-corrected chi connectivity index (χ2v) is 19.9. The van der Waals surface area contributed by atoms with Crippen LogP contribution < -0.4 is 5.32 Å². The Bertz CT molecular complexity index is 1940. The molecule has 0 aliphatic carbocycles. The topological polar surface area (TPSA) is 123 Å². The fraction of sp³-hybridized carbons (Fsp3) is 0.697. The van der Waals surface area contributed by atoms with Crippen molar-refractivity contribution in [2.24, 2.45) is 0 Å². The third-order valence-electron chi connectivity index (χ3n) is 12.9. The van der Waals surface area contributed by atoms with Crippen LogP contribution in [0.15, 0.2) is 117 Å². The Morgan fingerprint density at radius 3 is 1.03 bits per heavy atom. The maximum absolute atomic E-state index is 11.3. The lowest BCUT2D eigenvalue weighted by Gasteiger charge is -2.32. The van der Waals surface area contributed by atoms with Crippen molar-refractivity contribution in [2.75, 3.05) is 72.0 Å². The number of unbranched alkanes of at least 4 members (excludes halogenated alkanes) is 21. The molecule has 0 aromatic carbocycles. The normalized spacial score (nSPS) is 12.4. The maximum Gasteiger partial charge on any atom is 0.0927 e. The third kappa shape index (κ3) is 51.5. The molecule has 9 nitrogen and oxygen atoms in total. The molecule has 0 rings (SSSR count). The van der Waals surface area contributed by atoms with Gasteiger partial charge in [-0.25, -0.2) is 0 Å². The number of nitrogens with zero attached hydrogens (tertiary/aromatic N) is 3. The predicted molar refractivity (Wildman–Crippen MR) is 311 cm³/mol. The van der Waals surface area contributed by atoms with Gasteiger partial charge in [-0.3, -0.25) is 14.7 Å². The van der Waals surface area contributed by atoms with Gasteiger partial charge < -0.3 is 30.8 Å². The van der Waals surface area contributed by atoms with Crippen molar-refractivity contribution in [1.29, 1.82) is 0 Å². The molecule has 0 aromatic rings. The molecule has 0 bridgehead atoms. The summed E-state index contributed by atoms with van der Waals surface area (Å²) in [5, 5.41) is 59.4. The van der Waals surface area contributed by atoms with Gasteiger partial charge in [-0.05, 0) is 113 Å². The van der Waals surface area contributed by atoms with Crippen LogP contribution in [0.3, 0.4) is 0 Å². The van der Waals surface area contributed by atoms with E-state index in [2.05, 4.69) is 146 Å². The maximum atomic E-state index is 11.3. The van der Waals surface area contributed by atoms with E-state index in [1.165, 1.54) is 128 Å². The first-order valence-electron chi connectivity index (χ1n) is 29.2. The van der Waals surface area contributed by atoms with E-state index in [1.807, 2.05) is 0 Å². The Kier molecular flexibility index (Phi) is 52.5. The van der Waals surface area contributed by atoms with Gasteiger partial charge in [-0.1, -0.05) is 198 Å². The number of rotatable bonds is 48. The summed E-state index contributed by atoms with van der Waals surface area (Å²) in [6.07, 6.45) is 30.9. The Morgan fingerprint density at radius 1 is 0.360 bits per heavy atom. The zero-order chi connectivity index (χ0) is 54.9. The van der Waals surface area contributed by atoms with Crippen molar-refractivity contribution in [2.45, 2.75) is 225 Å². The number of hydrogen-bond donors (Lipinski definition) is 6. The fourth-order valence-corrected chi connectivity index (χ4v) is 8.66. The van der Waals surface area contributed by atoms with E-state index >= 15 is 0 Å². The molecule has 0 radical (unpaired) electrons. The van der Waals surface area contributed by atoms with Crippen molar-refractivity contribution in [1.82, 2.24) is 20.0 Å². The average molecular weight is 1030 g/mol. The van der Waals surface area contributed by atoms with Gasteiger partial charge in [0.1, 0.15) is 0 Å². The highest BCUT2D eigenvalue weighted by atomic mass is 16.3. The van der Waals surface area contributed by atoms with Gasteiger partial charge in [-0.2, -0.15) is 0 Å². The van der Waals surface area contributed by atoms with E-state index in [-0.39, 0.29) is 13.1 Å². The second-order valence-electron chi connectivity index (χ2n) is 19.9. The Morgan fingerprint density at radius 2 is 0.667 bits per heavy atom. The summed E-state index contributed by atoms with van der Waals surface area (Å²) in [6.45, 7) is 19.3. The molecular formula is C66H102N4O5. The van der Waals surface area contributed by atoms with Crippen molar-refractivity contribution < 1.29 is 25.5 Å². The van der Waals surface area contributed by atoms with Gasteiger partial charge in [0, 0.05) is 72.0 Å². The Balaban J connectivity index is 6.45. The molecule has 0 aliphatic heterocycles. The molecule has 0 amide bonds. The molecule has 75 heavy (non-hydrogen) atoms. The molecule has 0 saturated carbocycles. The van der Waals surface area contributed by atoms with Crippen LogP contribution in [0.5, 0.6) is 0 Å². The van der Waals surface area contributed by atoms with Crippen LogP contribution in [0.25, 0.3) is 0 Å². The molecule has 5 unspecified atom stereocenters. The van der Waals surface area contributed by atoms with Gasteiger partial charge >= 0.3 is 0 Å². The highest BCUT2D eigenvalue weighted by Crippen LogP contribution is 2.14. The quantitative estimate of drug-likeness (QED) is 0.0261. The number of nitrogens with one attached hydrogen (secondary N) is 1. The highest BCUT2D eigenvalue weighted by Gasteiger charge is 2.19. The minimum atomic E-state index is -0.874. The van der Waals surface area contributed by atoms with E-state index in [1.54, 1.807) is 0 Å². The lowest BCUT2D eigenvalue weighted by Crippen LogP contribution is -2.47. The molecule has 0 fully saturated rings. The average Bonchev–Trinajstić information content (AvgIpc) is 3.39. The summed E-state index contributed by atoms with van der Waals surface area (Å²) >= 11 is 0. The van der Waals surface area contributed by atoms with Crippen molar-refractivity contribution >= 4 is 0 Å². The van der Waals surface area contributed by atoms with Gasteiger partial charge in [0.2, 0.25) is 0 Å². The van der Waals surface area contributed by atoms with E-state index in [0.29, 0.717) is 71.7 Å². The molecule has 6 N–H and O–H groups in total. The van der Waals surface area contributed by atoms with Crippen LogP contribution in [0.1, 0.15) is 194 Å². The molecule has 0 aliphatic rings. The lowest BCUT2D eigenvalue weighted by molar-refractivity contribution is 0.0618. The highest BCUT2D eigenvalue weighted by molar-refractivity contribution is 4.95. The molecule has 0 saturated heterocycles. The largest absolute Gasteiger partial charge is 0.392 e. The Hall–Kier alpha value is -4.40. The zero-order valence-electron chi connectivity index (χ0n) is 47.4. The summed E-state index contributed by atoms with van der Waals surface area (Å²) in [6, 6.07) is 0. The summed E-state index contributed by atoms with van der Waals surface area (Å²) in [5.41, 5.74) is 42.0. The first kappa shape index (κ1) is 70.6. The SMILES string of the molecule is C=C=C=C=C=C=C=C=C=CC(O)CN(CCN(CCNCC(O)CCCCCCCCCC)CCN(CC(O)C=C=C=C=C=C=C=C=C=C)CC(O)CCCCCCCCCC)CC(O)CCCCCCCCCC. The van der Waals surface area contributed by atoms with Gasteiger partial charge in [0.15, 0.2) is 0 Å². The van der Waals surface area contributed by atoms with Crippen LogP contribution in [0.4, 0.5) is 0 Å². The number of aliphatic hydroxyl groups excluding tert-OH is 5. The molecular weight excluding hydrogens is 929 g/mol. The minimum Gasteiger partial charge on any atom is -0.392 e. The van der Waals surface area contributed by atoms with Gasteiger partial charge in [0.05, 0.1) is 30.5 Å². The van der Waals surface area contributed by atoms with Crippen molar-refractivity contribution in [3.05, 3.63) is 117 Å². The lowest BCUT2D eigenvalue weighted by atomic mass is 10.1. The van der Waals surface area contributed by atoms with Gasteiger partial charge in [-0.15, -0.1) is 0 Å². The zero-order valence-corrected chi connectivity index (χ0v) is 47.4. The van der Waals surface area contributed by atoms with Crippen molar-refractivity contribution in [3.8, 4) is 0 Å². The van der Waals surface area contributed by atoms with Crippen LogP contribution in [-0.4, -0.2) is 143 Å². The summed E-state index contributed by atoms with van der Waals surface area (Å²) < 4.78 is 0. The monoisotopic (exact) mass is 1030 g/mol. The standard InChI is InChI=1S/C66H102N4O5/c1-6-11-16-21-26-31-36-41-46-62(71)57-67-51-52-68(53-55-69(58-63(72)47-42-37-32-27-22-17-12-7-2)59-64(73)48-43-38-33-28-23-18-13-8-3)54-56-70(60-65(74)49-44-39-34-29-24-19-14-9-4)61-66(75)50-45-40-35-30-25-20-15-10-5/h47,49,62-67,71-75H,2,4,6,8,10-11,13,15-16,18,20-21,23,25-26,28,30-31,33,35-36,38,40-41,43,45-46,48,50-61H2,1,3,5H3. The Labute approximate surface area is 457 Å². The molecule has 0 spiro atoms. The van der Waals surface area contributed by atoms with Crippen LogP contribution in [0, 0.1) is 0 Å². The molecule has 9 heteroatoms.